The van der Waals surface area contributed by atoms with Gasteiger partial charge in [-0.3, -0.25) is 19.3 Å². The second kappa shape index (κ2) is 22.8. The first-order chi connectivity index (χ1) is 31.5. The van der Waals surface area contributed by atoms with Crippen LogP contribution in [0.1, 0.15) is 49.9 Å². The fourth-order valence-corrected chi connectivity index (χ4v) is 9.09. The topological polar surface area (TPSA) is 89.1 Å². The summed E-state index contributed by atoms with van der Waals surface area (Å²) in [4.78, 5) is 53.5. The lowest BCUT2D eigenvalue weighted by molar-refractivity contribution is -0.145. The first-order valence-electron chi connectivity index (χ1n) is 23.1. The van der Waals surface area contributed by atoms with Crippen LogP contribution >= 0.6 is 0 Å². The Morgan fingerprint density at radius 2 is 1.36 bits per heavy atom. The van der Waals surface area contributed by atoms with Crippen molar-refractivity contribution in [3.8, 4) is 5.75 Å². The van der Waals surface area contributed by atoms with Crippen LogP contribution in [0.3, 0.4) is 0 Å². The summed E-state index contributed by atoms with van der Waals surface area (Å²) in [6.45, 7) is 17.6. The number of anilines is 2. The van der Waals surface area contributed by atoms with Gasteiger partial charge in [0.15, 0.2) is 8.32 Å². The highest BCUT2D eigenvalue weighted by molar-refractivity contribution is 6.74. The number of ether oxygens (including phenoxy) is 1. The van der Waals surface area contributed by atoms with Crippen LogP contribution in [0.2, 0.25) is 18.1 Å². The minimum atomic E-state index is -2.94. The Morgan fingerprint density at radius 1 is 0.758 bits per heavy atom. The molecule has 14 heteroatoms. The first kappa shape index (κ1) is 49.9. The van der Waals surface area contributed by atoms with Crippen LogP contribution in [-0.4, -0.2) is 131 Å². The number of hydrogen-bond donors (Lipinski definition) is 0. The van der Waals surface area contributed by atoms with E-state index in [2.05, 4.69) is 84.6 Å². The Kier molecular flexibility index (Phi) is 17.2. The van der Waals surface area contributed by atoms with E-state index in [9.17, 15) is 23.2 Å². The second-order valence-electron chi connectivity index (χ2n) is 18.9. The first-order valence-corrected chi connectivity index (χ1v) is 26.0. The van der Waals surface area contributed by atoms with E-state index >= 15 is 0 Å². The van der Waals surface area contributed by atoms with Crippen molar-refractivity contribution in [2.24, 2.45) is 0 Å². The Labute approximate surface area is 391 Å². The molecular weight excluding hydrogens is 855 g/mol. The molecule has 3 amide bonds. The van der Waals surface area contributed by atoms with Crippen molar-refractivity contribution in [2.75, 3.05) is 82.4 Å². The van der Waals surface area contributed by atoms with Crippen LogP contribution in [-0.2, 0) is 38.3 Å². The average Bonchev–Trinajstić information content (AvgIpc) is 3.30. The summed E-state index contributed by atoms with van der Waals surface area (Å²) in [6.07, 6.45) is 3.39. The minimum Gasteiger partial charge on any atom is -0.435 e. The number of benzene rings is 4. The molecule has 11 nitrogen and oxygen atoms in total. The third-order valence-electron chi connectivity index (χ3n) is 13.3. The number of halogens is 2. The molecule has 2 aliphatic heterocycles. The maximum atomic E-state index is 14.9. The molecule has 2 fully saturated rings. The number of carbonyl (C=O) groups is 3. The molecule has 6 rings (SSSR count). The Bertz CT molecular complexity index is 2210. The predicted molar refractivity (Wildman–Crippen MR) is 262 cm³/mol. The van der Waals surface area contributed by atoms with Gasteiger partial charge >= 0.3 is 6.61 Å². The molecule has 1 atom stereocenters. The number of likely N-dealkylation sites (N-methyl/N-ethyl adjacent to an activating group) is 1. The zero-order chi connectivity index (χ0) is 47.4. The molecule has 0 radical (unpaired) electrons. The molecule has 0 saturated carbocycles. The summed E-state index contributed by atoms with van der Waals surface area (Å²) in [5, 5.41) is 0.175. The lowest BCUT2D eigenvalue weighted by atomic mass is 10.0. The normalized spacial score (nSPS) is 15.6. The summed E-state index contributed by atoms with van der Waals surface area (Å²) in [6, 6.07) is 31.8. The van der Waals surface area contributed by atoms with Gasteiger partial charge in [0, 0.05) is 110 Å². The Morgan fingerprint density at radius 3 is 1.95 bits per heavy atom. The van der Waals surface area contributed by atoms with Crippen LogP contribution in [0.5, 0.6) is 5.75 Å². The maximum Gasteiger partial charge on any atom is 0.387 e. The number of hydrogen-bond acceptors (Lipinski definition) is 8. The number of nitrogens with zero attached hydrogens (tertiary/aromatic N) is 6. The molecule has 1 unspecified atom stereocenters. The largest absolute Gasteiger partial charge is 0.435 e. The summed E-state index contributed by atoms with van der Waals surface area (Å²) in [5.74, 6) is -0.365. The van der Waals surface area contributed by atoms with E-state index in [1.807, 2.05) is 64.4 Å². The average molecular weight is 923 g/mol. The second-order valence-corrected chi connectivity index (χ2v) is 23.7. The lowest BCUT2D eigenvalue weighted by Crippen LogP contribution is -2.56. The van der Waals surface area contributed by atoms with Gasteiger partial charge in [-0.25, -0.2) is 0 Å². The molecule has 2 saturated heterocycles. The van der Waals surface area contributed by atoms with E-state index in [0.717, 1.165) is 48.7 Å². The van der Waals surface area contributed by atoms with Gasteiger partial charge in [0.05, 0.1) is 6.61 Å². The smallest absolute Gasteiger partial charge is 0.387 e. The van der Waals surface area contributed by atoms with E-state index in [-0.39, 0.29) is 35.1 Å². The molecular formula is C52H68F2N6O5Si. The van der Waals surface area contributed by atoms with Crippen molar-refractivity contribution in [1.29, 1.82) is 0 Å². The quantitative estimate of drug-likeness (QED) is 0.0727. The number of piperazine rings is 2. The van der Waals surface area contributed by atoms with Crippen molar-refractivity contribution in [2.45, 2.75) is 78.0 Å². The predicted octanol–water partition coefficient (Wildman–Crippen LogP) is 8.41. The van der Waals surface area contributed by atoms with E-state index in [1.54, 1.807) is 30.0 Å². The highest BCUT2D eigenvalue weighted by Crippen LogP contribution is 2.36. The molecule has 0 aliphatic carbocycles. The molecule has 4 aromatic carbocycles. The fourth-order valence-electron chi connectivity index (χ4n) is 8.06. The number of amides is 3. The summed E-state index contributed by atoms with van der Waals surface area (Å²) in [7, 11) is 0.293. The van der Waals surface area contributed by atoms with Gasteiger partial charge < -0.3 is 33.7 Å². The standard InChI is InChI=1S/C52H68F2N6O5Si/c1-40(61)57-31-33-58(34-32-57)46-22-15-44(16-23-46)39-60(49(62)26-19-41-17-24-47(25-18-41)65-51(53)54)48(37-42-11-9-8-10-12-42)50(63)59-29-27-56(28-30-59)38-43-13-20-45(21-14-43)55(5)35-36-64-66(6,7)52(2,3)4/h8-26,48,51H,27-39H2,1-7H3. The van der Waals surface area contributed by atoms with E-state index in [1.165, 1.54) is 23.8 Å². The molecule has 0 N–H and O–H groups in total. The summed E-state index contributed by atoms with van der Waals surface area (Å²) < 4.78 is 36.5. The Balaban J connectivity index is 1.16. The van der Waals surface area contributed by atoms with Gasteiger partial charge in [0.2, 0.25) is 17.7 Å². The van der Waals surface area contributed by atoms with Crippen molar-refractivity contribution in [1.82, 2.24) is 19.6 Å². The molecule has 66 heavy (non-hydrogen) atoms. The Hall–Kier alpha value is -5.57. The number of carbonyl (C=O) groups excluding carboxylic acids is 3. The summed E-state index contributed by atoms with van der Waals surface area (Å²) in [5.41, 5.74) is 5.79. The van der Waals surface area contributed by atoms with Gasteiger partial charge in [-0.2, -0.15) is 8.78 Å². The fraction of sp³-hybridized carbons (Fsp3) is 0.442. The lowest BCUT2D eigenvalue weighted by Gasteiger charge is -2.39. The third kappa shape index (κ3) is 14.0. The van der Waals surface area contributed by atoms with E-state index in [4.69, 9.17) is 4.43 Å². The van der Waals surface area contributed by atoms with Crippen LogP contribution in [0, 0.1) is 0 Å². The maximum absolute atomic E-state index is 14.9. The van der Waals surface area contributed by atoms with Crippen molar-refractivity contribution < 1.29 is 32.3 Å². The number of alkyl halides is 2. The third-order valence-corrected chi connectivity index (χ3v) is 17.8. The van der Waals surface area contributed by atoms with Gasteiger partial charge in [0.1, 0.15) is 11.8 Å². The monoisotopic (exact) mass is 922 g/mol. The minimum absolute atomic E-state index is 0.0211. The van der Waals surface area contributed by atoms with Crippen LogP contribution in [0.15, 0.2) is 109 Å². The van der Waals surface area contributed by atoms with Crippen LogP contribution in [0.4, 0.5) is 20.2 Å². The molecule has 0 bridgehead atoms. The molecule has 0 spiro atoms. The van der Waals surface area contributed by atoms with Gasteiger partial charge in [-0.1, -0.05) is 87.5 Å². The van der Waals surface area contributed by atoms with Gasteiger partial charge in [-0.05, 0) is 82.9 Å². The molecule has 2 heterocycles. The molecule has 2 aliphatic rings. The van der Waals surface area contributed by atoms with Crippen molar-refractivity contribution >= 4 is 43.5 Å². The highest BCUT2D eigenvalue weighted by Gasteiger charge is 2.37. The SMILES string of the molecule is CC(=O)N1CCN(c2ccc(CN(C(=O)C=Cc3ccc(OC(F)F)cc3)C(Cc3ccccc3)C(=O)N3CCN(Cc4ccc(N(C)CCO[Si](C)(C)C(C)(C)C)cc4)CC3)cc2)CC1. The summed E-state index contributed by atoms with van der Waals surface area (Å²) >= 11 is 0. The van der Waals surface area contributed by atoms with E-state index in [0.29, 0.717) is 57.9 Å². The zero-order valence-corrected chi connectivity index (χ0v) is 40.8. The van der Waals surface area contributed by atoms with E-state index < -0.39 is 21.0 Å². The molecule has 0 aromatic heterocycles. The van der Waals surface area contributed by atoms with Crippen LogP contribution in [0.25, 0.3) is 6.08 Å². The van der Waals surface area contributed by atoms with Crippen LogP contribution < -0.4 is 14.5 Å². The van der Waals surface area contributed by atoms with Gasteiger partial charge in [-0.15, -0.1) is 0 Å². The van der Waals surface area contributed by atoms with Gasteiger partial charge in [0.25, 0.3) is 0 Å². The van der Waals surface area contributed by atoms with Crippen molar-refractivity contribution in [3.63, 3.8) is 0 Å². The van der Waals surface area contributed by atoms with Crippen molar-refractivity contribution in [3.05, 3.63) is 131 Å². The zero-order valence-electron chi connectivity index (χ0n) is 39.8. The molecule has 4 aromatic rings. The molecule has 354 valence electrons. The highest BCUT2D eigenvalue weighted by atomic mass is 28.4. The number of rotatable bonds is 18.